The predicted octanol–water partition coefficient (Wildman–Crippen LogP) is 4.69. The van der Waals surface area contributed by atoms with Gasteiger partial charge in [0.25, 0.3) is 0 Å². The minimum atomic E-state index is -0.932. The monoisotopic (exact) mass is 529 g/mol. The lowest BCUT2D eigenvalue weighted by molar-refractivity contribution is -0.127. The molecule has 3 aromatic carbocycles. The van der Waals surface area contributed by atoms with Crippen LogP contribution in [0.15, 0.2) is 66.7 Å². The normalized spacial score (nSPS) is 11.8. The molecule has 1 aromatic heterocycles. The van der Waals surface area contributed by atoms with Crippen LogP contribution in [-0.4, -0.2) is 47.6 Å². The van der Waals surface area contributed by atoms with E-state index in [0.29, 0.717) is 35.2 Å². The van der Waals surface area contributed by atoms with E-state index in [4.69, 9.17) is 9.47 Å². The van der Waals surface area contributed by atoms with Gasteiger partial charge in [-0.3, -0.25) is 14.5 Å². The van der Waals surface area contributed by atoms with Crippen LogP contribution < -0.4 is 19.7 Å². The Morgan fingerprint density at radius 2 is 1.69 bits per heavy atom. The van der Waals surface area contributed by atoms with Gasteiger partial charge in [0.15, 0.2) is 11.5 Å². The second-order valence-corrected chi connectivity index (χ2v) is 9.77. The Hall–Kier alpha value is -4.40. The molecule has 1 heterocycles. The molecule has 0 spiro atoms. The van der Waals surface area contributed by atoms with Crippen LogP contribution in [0.3, 0.4) is 0 Å². The van der Waals surface area contributed by atoms with Crippen LogP contribution in [0.25, 0.3) is 11.0 Å². The van der Waals surface area contributed by atoms with E-state index in [9.17, 15) is 9.59 Å². The second kappa shape index (κ2) is 12.4. The summed E-state index contributed by atoms with van der Waals surface area (Å²) < 4.78 is 12.5. The summed E-state index contributed by atoms with van der Waals surface area (Å²) in [6.45, 7) is 6.53. The van der Waals surface area contributed by atoms with Crippen LogP contribution in [0.1, 0.15) is 37.4 Å². The Morgan fingerprint density at radius 1 is 0.974 bits per heavy atom. The fraction of sp³-hybridized carbons (Fsp3) is 0.333. The number of aryl methyl sites for hydroxylation is 1. The maximum Gasteiger partial charge on any atom is 0.249 e. The summed E-state index contributed by atoms with van der Waals surface area (Å²) >= 11 is 0. The molecule has 0 saturated carbocycles. The number of nitrogens with zero attached hydrogens (tertiary/aromatic N) is 4. The fourth-order valence-corrected chi connectivity index (χ4v) is 4.52. The number of amides is 2. The molecular formula is C30H35N5O4. The highest BCUT2D eigenvalue weighted by molar-refractivity contribution is 6.02. The molecule has 9 heteroatoms. The number of carbonyl (C=O) groups is 2. The average Bonchev–Trinajstić information content (AvgIpc) is 3.34. The van der Waals surface area contributed by atoms with E-state index in [1.54, 1.807) is 30.0 Å². The molecule has 0 aliphatic heterocycles. The van der Waals surface area contributed by atoms with Gasteiger partial charge in [0.1, 0.15) is 18.1 Å². The predicted molar refractivity (Wildman–Crippen MR) is 151 cm³/mol. The lowest BCUT2D eigenvalue weighted by atomic mass is 9.98. The second-order valence-electron chi connectivity index (χ2n) is 9.77. The minimum Gasteiger partial charge on any atom is -0.493 e. The summed E-state index contributed by atoms with van der Waals surface area (Å²) in [6.07, 6.45) is 0.821. The van der Waals surface area contributed by atoms with Gasteiger partial charge < -0.3 is 14.8 Å². The molecule has 4 aromatic rings. The Labute approximate surface area is 228 Å². The first kappa shape index (κ1) is 27.6. The van der Waals surface area contributed by atoms with Crippen molar-refractivity contribution >= 4 is 28.5 Å². The number of anilines is 1. The summed E-state index contributed by atoms with van der Waals surface area (Å²) in [7, 11) is 3.08. The van der Waals surface area contributed by atoms with Gasteiger partial charge >= 0.3 is 0 Å². The number of aromatic nitrogens is 3. The molecule has 0 bridgehead atoms. The van der Waals surface area contributed by atoms with Gasteiger partial charge in [-0.2, -0.15) is 0 Å². The molecule has 0 fully saturated rings. The first-order chi connectivity index (χ1) is 18.8. The number of nitrogens with one attached hydrogen (secondary N) is 1. The number of carbonyl (C=O) groups excluding carboxylic acids is 2. The van der Waals surface area contributed by atoms with E-state index in [0.717, 1.165) is 23.1 Å². The summed E-state index contributed by atoms with van der Waals surface area (Å²) in [4.78, 5) is 29.6. The standard InChI is InChI=1S/C30H35N5O4/c1-20(2)16-17-31-30(37)29(23-11-7-6-10-21(23)3)35(22-14-15-26(38-4)27(18-22)39-5)28(36)19-34-25-13-9-8-12-24(25)32-33-34/h6-15,18,20,29H,16-17,19H2,1-5H3,(H,31,37)/t29-/m1/s1. The van der Waals surface area contributed by atoms with Crippen molar-refractivity contribution in [2.45, 2.75) is 39.8 Å². The van der Waals surface area contributed by atoms with Gasteiger partial charge in [-0.05, 0) is 54.7 Å². The lowest BCUT2D eigenvalue weighted by Gasteiger charge is -2.32. The van der Waals surface area contributed by atoms with Gasteiger partial charge in [0, 0.05) is 18.3 Å². The van der Waals surface area contributed by atoms with Gasteiger partial charge in [-0.15, -0.1) is 5.10 Å². The molecule has 0 saturated heterocycles. The van der Waals surface area contributed by atoms with E-state index in [1.807, 2.05) is 55.5 Å². The molecule has 1 atom stereocenters. The van der Waals surface area contributed by atoms with E-state index >= 15 is 0 Å². The van der Waals surface area contributed by atoms with Gasteiger partial charge in [-0.1, -0.05) is 55.5 Å². The van der Waals surface area contributed by atoms with Crippen molar-refractivity contribution < 1.29 is 19.1 Å². The SMILES string of the molecule is COc1ccc(N(C(=O)Cn2nnc3ccccc32)[C@@H](C(=O)NCCC(C)C)c2ccccc2C)cc1OC. The summed E-state index contributed by atoms with van der Waals surface area (Å²) in [5.74, 6) is 0.792. The highest BCUT2D eigenvalue weighted by Crippen LogP contribution is 2.36. The number of hydrogen-bond donors (Lipinski definition) is 1. The van der Waals surface area contributed by atoms with Crippen molar-refractivity contribution in [1.82, 2.24) is 20.3 Å². The zero-order valence-corrected chi connectivity index (χ0v) is 23.0. The quantitative estimate of drug-likeness (QED) is 0.303. The van der Waals surface area contributed by atoms with E-state index in [2.05, 4.69) is 29.5 Å². The first-order valence-electron chi connectivity index (χ1n) is 13.0. The zero-order valence-electron chi connectivity index (χ0n) is 23.0. The molecule has 0 radical (unpaired) electrons. The maximum atomic E-state index is 14.2. The number of hydrogen-bond acceptors (Lipinski definition) is 6. The van der Waals surface area contributed by atoms with Crippen LogP contribution in [0, 0.1) is 12.8 Å². The fourth-order valence-electron chi connectivity index (χ4n) is 4.52. The minimum absolute atomic E-state index is 0.115. The zero-order chi connectivity index (χ0) is 27.9. The molecule has 0 aliphatic rings. The van der Waals surface area contributed by atoms with Crippen LogP contribution in [-0.2, 0) is 16.1 Å². The smallest absolute Gasteiger partial charge is 0.249 e. The van der Waals surface area contributed by atoms with Crippen LogP contribution in [0.2, 0.25) is 0 Å². The van der Waals surface area contributed by atoms with Crippen LogP contribution in [0.4, 0.5) is 5.69 Å². The molecule has 4 rings (SSSR count). The van der Waals surface area contributed by atoms with Gasteiger partial charge in [0.05, 0.1) is 19.7 Å². The first-order valence-corrected chi connectivity index (χ1v) is 13.0. The highest BCUT2D eigenvalue weighted by atomic mass is 16.5. The number of benzene rings is 3. The average molecular weight is 530 g/mol. The molecule has 2 amide bonds. The molecule has 39 heavy (non-hydrogen) atoms. The van der Waals surface area contributed by atoms with Crippen molar-refractivity contribution in [3.63, 3.8) is 0 Å². The third kappa shape index (κ3) is 6.19. The maximum absolute atomic E-state index is 14.2. The van der Waals surface area contributed by atoms with Crippen LogP contribution in [0.5, 0.6) is 11.5 Å². The van der Waals surface area contributed by atoms with Crippen molar-refractivity contribution in [2.24, 2.45) is 5.92 Å². The van der Waals surface area contributed by atoms with Crippen molar-refractivity contribution in [3.8, 4) is 11.5 Å². The van der Waals surface area contributed by atoms with Crippen LogP contribution >= 0.6 is 0 Å². The highest BCUT2D eigenvalue weighted by Gasteiger charge is 2.34. The Balaban J connectivity index is 1.83. The third-order valence-corrected chi connectivity index (χ3v) is 6.63. The number of para-hydroxylation sites is 1. The number of methoxy groups -OCH3 is 2. The van der Waals surface area contributed by atoms with Crippen molar-refractivity contribution in [1.29, 1.82) is 0 Å². The number of ether oxygens (including phenoxy) is 2. The number of fused-ring (bicyclic) bond motifs is 1. The molecule has 0 unspecified atom stereocenters. The van der Waals surface area contributed by atoms with Crippen molar-refractivity contribution in [2.75, 3.05) is 25.7 Å². The Morgan fingerprint density at radius 3 is 2.41 bits per heavy atom. The van der Waals surface area contributed by atoms with Crippen molar-refractivity contribution in [3.05, 3.63) is 77.9 Å². The topological polar surface area (TPSA) is 98.6 Å². The molecule has 9 nitrogen and oxygen atoms in total. The molecule has 0 aliphatic carbocycles. The summed E-state index contributed by atoms with van der Waals surface area (Å²) in [5, 5.41) is 11.5. The van der Waals surface area contributed by atoms with E-state index in [1.165, 1.54) is 12.0 Å². The molecule has 204 valence electrons. The molecular weight excluding hydrogens is 494 g/mol. The van der Waals surface area contributed by atoms with Gasteiger partial charge in [-0.25, -0.2) is 4.68 Å². The Bertz CT molecular complexity index is 1450. The Kier molecular flexibility index (Phi) is 8.81. The van der Waals surface area contributed by atoms with E-state index in [-0.39, 0.29) is 18.4 Å². The third-order valence-electron chi connectivity index (χ3n) is 6.63. The lowest BCUT2D eigenvalue weighted by Crippen LogP contribution is -2.46. The summed E-state index contributed by atoms with van der Waals surface area (Å²) in [6, 6.07) is 19.3. The largest absolute Gasteiger partial charge is 0.493 e. The number of rotatable bonds is 11. The molecule has 1 N–H and O–H groups in total. The summed E-state index contributed by atoms with van der Waals surface area (Å²) in [5.41, 5.74) is 3.53. The van der Waals surface area contributed by atoms with E-state index < -0.39 is 6.04 Å². The van der Waals surface area contributed by atoms with Gasteiger partial charge in [0.2, 0.25) is 11.8 Å².